The number of nitrogens with one attached hydrogen (secondary N) is 1. The van der Waals surface area contributed by atoms with Crippen LogP contribution < -0.4 is 5.32 Å². The van der Waals surface area contributed by atoms with Gasteiger partial charge in [0, 0.05) is 44.8 Å². The fraction of sp³-hybridized carbons (Fsp3) is 0.208. The third kappa shape index (κ3) is 6.79. The molecule has 30 heavy (non-hydrogen) atoms. The van der Waals surface area contributed by atoms with E-state index in [0.29, 0.717) is 34.2 Å². The zero-order valence-electron chi connectivity index (χ0n) is 16.7. The van der Waals surface area contributed by atoms with Crippen LogP contribution in [0.3, 0.4) is 0 Å². The van der Waals surface area contributed by atoms with Crippen molar-refractivity contribution in [2.24, 2.45) is 0 Å². The van der Waals surface area contributed by atoms with E-state index in [0.717, 1.165) is 5.75 Å². The summed E-state index contributed by atoms with van der Waals surface area (Å²) in [5.41, 5.74) is 3.58. The Bertz CT molecular complexity index is 957. The smallest absolute Gasteiger partial charge is 0.251 e. The molecule has 156 valence electrons. The number of benzene rings is 3. The second kappa shape index (κ2) is 11.4. The van der Waals surface area contributed by atoms with E-state index in [-0.39, 0.29) is 11.7 Å². The van der Waals surface area contributed by atoms with Crippen molar-refractivity contribution in [1.82, 2.24) is 5.32 Å². The summed E-state index contributed by atoms with van der Waals surface area (Å²) in [6.07, 6.45) is 0. The van der Waals surface area contributed by atoms with E-state index >= 15 is 0 Å². The molecular formula is C24H23ClFNOS2. The predicted molar refractivity (Wildman–Crippen MR) is 127 cm³/mol. The van der Waals surface area contributed by atoms with E-state index < -0.39 is 0 Å². The Labute approximate surface area is 190 Å². The highest BCUT2D eigenvalue weighted by Crippen LogP contribution is 2.24. The highest BCUT2D eigenvalue weighted by molar-refractivity contribution is 7.98. The lowest BCUT2D eigenvalue weighted by Gasteiger charge is -2.08. The Morgan fingerprint density at radius 3 is 2.43 bits per heavy atom. The van der Waals surface area contributed by atoms with E-state index in [1.807, 2.05) is 24.3 Å². The van der Waals surface area contributed by atoms with Gasteiger partial charge in [0.1, 0.15) is 5.82 Å². The van der Waals surface area contributed by atoms with E-state index in [9.17, 15) is 9.18 Å². The highest BCUT2D eigenvalue weighted by Gasteiger charge is 2.08. The topological polar surface area (TPSA) is 29.1 Å². The molecule has 1 amide bonds. The number of carbonyl (C=O) groups excluding carboxylic acids is 1. The van der Waals surface area contributed by atoms with E-state index in [1.54, 1.807) is 23.9 Å². The number of hydrogen-bond acceptors (Lipinski definition) is 3. The third-order valence-electron chi connectivity index (χ3n) is 4.48. The van der Waals surface area contributed by atoms with Gasteiger partial charge >= 0.3 is 0 Å². The van der Waals surface area contributed by atoms with Gasteiger partial charge in [-0.1, -0.05) is 47.5 Å². The molecular weight excluding hydrogens is 437 g/mol. The molecule has 3 aromatic rings. The number of hydrogen-bond donors (Lipinski definition) is 1. The molecule has 3 rings (SSSR count). The van der Waals surface area contributed by atoms with E-state index in [4.69, 9.17) is 11.6 Å². The van der Waals surface area contributed by atoms with Crippen molar-refractivity contribution >= 4 is 41.0 Å². The molecule has 0 aliphatic heterocycles. The van der Waals surface area contributed by atoms with Crippen LogP contribution >= 0.6 is 35.1 Å². The highest BCUT2D eigenvalue weighted by atomic mass is 35.5. The molecule has 3 aromatic carbocycles. The first-order chi connectivity index (χ1) is 14.5. The molecule has 0 fully saturated rings. The van der Waals surface area contributed by atoms with Crippen molar-refractivity contribution < 1.29 is 9.18 Å². The number of carbonyl (C=O) groups is 1. The zero-order valence-corrected chi connectivity index (χ0v) is 19.0. The summed E-state index contributed by atoms with van der Waals surface area (Å²) in [4.78, 5) is 13.5. The normalized spacial score (nSPS) is 10.8. The molecule has 0 spiro atoms. The third-order valence-corrected chi connectivity index (χ3v) is 6.91. The van der Waals surface area contributed by atoms with Crippen LogP contribution in [0.25, 0.3) is 0 Å². The Kier molecular flexibility index (Phi) is 8.67. The summed E-state index contributed by atoms with van der Waals surface area (Å²) in [7, 11) is 0. The van der Waals surface area contributed by atoms with Gasteiger partial charge in [-0.2, -0.15) is 11.8 Å². The molecule has 0 radical (unpaired) electrons. The van der Waals surface area contributed by atoms with Crippen LogP contribution in [0.2, 0.25) is 5.02 Å². The second-order valence-corrected chi connectivity index (χ2v) is 9.37. The monoisotopic (exact) mass is 459 g/mol. The van der Waals surface area contributed by atoms with Crippen molar-refractivity contribution in [3.63, 3.8) is 0 Å². The molecule has 0 heterocycles. The minimum absolute atomic E-state index is 0.0998. The van der Waals surface area contributed by atoms with Gasteiger partial charge in [-0.25, -0.2) is 4.39 Å². The van der Waals surface area contributed by atoms with Gasteiger partial charge in [0.15, 0.2) is 0 Å². The zero-order chi connectivity index (χ0) is 21.3. The fourth-order valence-corrected chi connectivity index (χ4v) is 4.79. The van der Waals surface area contributed by atoms with Gasteiger partial charge in [-0.05, 0) is 48.9 Å². The largest absolute Gasteiger partial charge is 0.351 e. The van der Waals surface area contributed by atoms with Gasteiger partial charge < -0.3 is 5.32 Å². The molecule has 0 unspecified atom stereocenters. The van der Waals surface area contributed by atoms with Gasteiger partial charge in [0.2, 0.25) is 0 Å². The summed E-state index contributed by atoms with van der Waals surface area (Å²) in [6.45, 7) is 2.59. The van der Waals surface area contributed by atoms with Crippen LogP contribution in [0.15, 0.2) is 71.6 Å². The lowest BCUT2D eigenvalue weighted by Crippen LogP contribution is -2.25. The van der Waals surface area contributed by atoms with Crippen LogP contribution in [0.1, 0.15) is 27.0 Å². The minimum atomic E-state index is -0.292. The van der Waals surface area contributed by atoms with E-state index in [2.05, 4.69) is 36.5 Å². The fourth-order valence-electron chi connectivity index (χ4n) is 2.74. The maximum Gasteiger partial charge on any atom is 0.251 e. The average Bonchev–Trinajstić information content (AvgIpc) is 2.75. The first-order valence-corrected chi connectivity index (χ1v) is 12.1. The first-order valence-electron chi connectivity index (χ1n) is 9.60. The van der Waals surface area contributed by atoms with Crippen LogP contribution in [0, 0.1) is 12.7 Å². The second-order valence-electron chi connectivity index (χ2n) is 6.81. The molecule has 0 bridgehead atoms. The Balaban J connectivity index is 1.39. The van der Waals surface area contributed by atoms with E-state index in [1.165, 1.54) is 33.9 Å². The molecule has 0 saturated heterocycles. The average molecular weight is 460 g/mol. The standard InChI is InChI=1S/C24H23ClFNOS2/c1-17-5-11-20(12-6-17)30-15-18-7-9-19(10-8-18)24(28)27-13-14-29-16-21-22(25)3-2-4-23(21)26/h2-12H,13-16H2,1H3,(H,27,28). The Hall–Kier alpha value is -1.95. The number of rotatable bonds is 9. The molecule has 0 atom stereocenters. The lowest BCUT2D eigenvalue weighted by molar-refractivity contribution is 0.0956. The Morgan fingerprint density at radius 1 is 1.00 bits per heavy atom. The van der Waals surface area contributed by atoms with Crippen LogP contribution in [0.4, 0.5) is 4.39 Å². The number of halogens is 2. The van der Waals surface area contributed by atoms with Gasteiger partial charge in [-0.3, -0.25) is 4.79 Å². The molecule has 6 heteroatoms. The SMILES string of the molecule is Cc1ccc(SCc2ccc(C(=O)NCCSCc3c(F)cccc3Cl)cc2)cc1. The molecule has 0 aliphatic rings. The van der Waals surface area contributed by atoms with Crippen LogP contribution in [-0.2, 0) is 11.5 Å². The first kappa shape index (κ1) is 22.7. The quantitative estimate of drug-likeness (QED) is 0.283. The summed E-state index contributed by atoms with van der Waals surface area (Å²) >= 11 is 9.34. The predicted octanol–water partition coefficient (Wildman–Crippen LogP) is 6.74. The van der Waals surface area contributed by atoms with Crippen molar-refractivity contribution in [2.75, 3.05) is 12.3 Å². The van der Waals surface area contributed by atoms with Crippen molar-refractivity contribution in [1.29, 1.82) is 0 Å². The van der Waals surface area contributed by atoms with Gasteiger partial charge in [0.05, 0.1) is 0 Å². The van der Waals surface area contributed by atoms with Crippen molar-refractivity contribution in [2.45, 2.75) is 23.3 Å². The molecule has 0 saturated carbocycles. The maximum absolute atomic E-state index is 13.7. The molecule has 2 nitrogen and oxygen atoms in total. The molecule has 0 aliphatic carbocycles. The van der Waals surface area contributed by atoms with Gasteiger partial charge in [0.25, 0.3) is 5.91 Å². The molecule has 0 aromatic heterocycles. The van der Waals surface area contributed by atoms with Crippen LogP contribution in [0.5, 0.6) is 0 Å². The maximum atomic E-state index is 13.7. The van der Waals surface area contributed by atoms with Gasteiger partial charge in [-0.15, -0.1) is 11.8 Å². The van der Waals surface area contributed by atoms with Crippen molar-refractivity contribution in [3.05, 3.63) is 99.8 Å². The summed E-state index contributed by atoms with van der Waals surface area (Å²) in [5, 5.41) is 3.34. The summed E-state index contributed by atoms with van der Waals surface area (Å²) < 4.78 is 13.7. The summed E-state index contributed by atoms with van der Waals surface area (Å²) in [6, 6.07) is 20.9. The number of amides is 1. The number of thioether (sulfide) groups is 2. The molecule has 1 N–H and O–H groups in total. The lowest BCUT2D eigenvalue weighted by atomic mass is 10.1. The van der Waals surface area contributed by atoms with Crippen LogP contribution in [-0.4, -0.2) is 18.2 Å². The Morgan fingerprint density at radius 2 is 1.73 bits per heavy atom. The number of aryl methyl sites for hydroxylation is 1. The van der Waals surface area contributed by atoms with Crippen molar-refractivity contribution in [3.8, 4) is 0 Å². The minimum Gasteiger partial charge on any atom is -0.351 e. The summed E-state index contributed by atoms with van der Waals surface area (Å²) in [5.74, 6) is 1.63.